The first-order valence-corrected chi connectivity index (χ1v) is 27.4. The van der Waals surface area contributed by atoms with Crippen LogP contribution in [0.4, 0.5) is 0 Å². The molecule has 0 radical (unpaired) electrons. The average molecular weight is 1030 g/mol. The Morgan fingerprint density at radius 2 is 0.568 bits per heavy atom. The zero-order chi connectivity index (χ0) is 53.4. The van der Waals surface area contributed by atoms with E-state index < -0.39 is 0 Å². The van der Waals surface area contributed by atoms with Gasteiger partial charge in [-0.1, -0.05) is 182 Å². The summed E-state index contributed by atoms with van der Waals surface area (Å²) >= 11 is 0. The van der Waals surface area contributed by atoms with Gasteiger partial charge in [0.25, 0.3) is 0 Å². The maximum Gasteiger partial charge on any atom is 0.164 e. The quantitative estimate of drug-likeness (QED) is 0.145. The minimum Gasteiger partial charge on any atom is -0.456 e. The molecule has 0 aliphatic carbocycles. The van der Waals surface area contributed by atoms with Crippen molar-refractivity contribution in [1.82, 2.24) is 24.1 Å². The van der Waals surface area contributed by atoms with Gasteiger partial charge in [-0.15, -0.1) is 0 Å². The van der Waals surface area contributed by atoms with E-state index in [1.54, 1.807) is 0 Å². The highest BCUT2D eigenvalue weighted by molar-refractivity contribution is 6.14. The Morgan fingerprint density at radius 1 is 0.210 bits per heavy atom. The summed E-state index contributed by atoms with van der Waals surface area (Å²) in [5.74, 6) is 1.75. The molecule has 4 aromatic heterocycles. The fourth-order valence-corrected chi connectivity index (χ4v) is 12.0. The van der Waals surface area contributed by atoms with Gasteiger partial charge in [-0.2, -0.15) is 0 Å². The van der Waals surface area contributed by atoms with Crippen LogP contribution in [-0.2, 0) is 0 Å². The number of fused-ring (bicyclic) bond motifs is 9. The molecule has 0 aliphatic rings. The van der Waals surface area contributed by atoms with Crippen molar-refractivity contribution in [2.75, 3.05) is 0 Å². The Kier molecular flexibility index (Phi) is 10.8. The molecular weight excluding hydrogens is 987 g/mol. The van der Waals surface area contributed by atoms with Crippen molar-refractivity contribution in [1.29, 1.82) is 0 Å². The van der Waals surface area contributed by atoms with E-state index in [1.807, 2.05) is 12.1 Å². The van der Waals surface area contributed by atoms with Gasteiger partial charge < -0.3 is 13.6 Å². The lowest BCUT2D eigenvalue weighted by Crippen LogP contribution is -2.00. The Labute approximate surface area is 466 Å². The van der Waals surface area contributed by atoms with Gasteiger partial charge in [0, 0.05) is 60.4 Å². The summed E-state index contributed by atoms with van der Waals surface area (Å²) in [5, 5.41) is 6.91. The van der Waals surface area contributed by atoms with E-state index in [0.29, 0.717) is 17.5 Å². The molecule has 6 heteroatoms. The predicted molar refractivity (Wildman–Crippen MR) is 334 cm³/mol. The molecule has 0 fully saturated rings. The van der Waals surface area contributed by atoms with E-state index >= 15 is 0 Å². The molecule has 0 N–H and O–H groups in total. The molecule has 0 saturated carbocycles. The van der Waals surface area contributed by atoms with Gasteiger partial charge in [0.2, 0.25) is 0 Å². The molecule has 6 nitrogen and oxygen atoms in total. The van der Waals surface area contributed by atoms with Gasteiger partial charge in [0.1, 0.15) is 11.2 Å². The van der Waals surface area contributed by atoms with Crippen LogP contribution >= 0.6 is 0 Å². The molecule has 0 unspecified atom stereocenters. The van der Waals surface area contributed by atoms with Crippen molar-refractivity contribution >= 4 is 65.6 Å². The first kappa shape index (κ1) is 46.2. The summed E-state index contributed by atoms with van der Waals surface area (Å²) < 4.78 is 11.5. The summed E-state index contributed by atoms with van der Waals surface area (Å²) in [4.78, 5) is 15.5. The number of aromatic nitrogens is 5. The number of para-hydroxylation sites is 3. The highest BCUT2D eigenvalue weighted by atomic mass is 16.3. The number of rotatable bonds is 9. The molecular formula is C75H47N5O. The second-order valence-corrected chi connectivity index (χ2v) is 20.8. The molecule has 378 valence electrons. The zero-order valence-corrected chi connectivity index (χ0v) is 43.8. The van der Waals surface area contributed by atoms with Gasteiger partial charge in [-0.25, -0.2) is 15.0 Å². The topological polar surface area (TPSA) is 61.7 Å². The third kappa shape index (κ3) is 7.99. The molecule has 0 bridgehead atoms. The molecule has 81 heavy (non-hydrogen) atoms. The van der Waals surface area contributed by atoms with E-state index in [-0.39, 0.29) is 0 Å². The summed E-state index contributed by atoms with van der Waals surface area (Å²) in [6, 6.07) is 101. The molecule has 16 aromatic rings. The number of hydrogen-bond donors (Lipinski definition) is 0. The highest BCUT2D eigenvalue weighted by Crippen LogP contribution is 2.42. The largest absolute Gasteiger partial charge is 0.456 e. The van der Waals surface area contributed by atoms with Crippen molar-refractivity contribution in [3.8, 4) is 90.0 Å². The van der Waals surface area contributed by atoms with Crippen molar-refractivity contribution in [3.05, 3.63) is 285 Å². The van der Waals surface area contributed by atoms with Crippen LogP contribution in [0.1, 0.15) is 0 Å². The van der Waals surface area contributed by atoms with Crippen LogP contribution < -0.4 is 0 Å². The Bertz CT molecular complexity index is 5000. The second-order valence-electron chi connectivity index (χ2n) is 20.8. The molecule has 0 spiro atoms. The molecule has 0 saturated heterocycles. The molecule has 0 atom stereocenters. The van der Waals surface area contributed by atoms with Crippen molar-refractivity contribution < 1.29 is 4.42 Å². The lowest BCUT2D eigenvalue weighted by Gasteiger charge is -2.10. The normalized spacial score (nSPS) is 11.7. The molecule has 4 heterocycles. The average Bonchev–Trinajstić information content (AvgIpc) is 4.30. The highest BCUT2D eigenvalue weighted by Gasteiger charge is 2.20. The van der Waals surface area contributed by atoms with Crippen molar-refractivity contribution in [3.63, 3.8) is 0 Å². The van der Waals surface area contributed by atoms with E-state index in [1.165, 1.54) is 43.7 Å². The summed E-state index contributed by atoms with van der Waals surface area (Å²) in [5.41, 5.74) is 20.2. The van der Waals surface area contributed by atoms with E-state index in [0.717, 1.165) is 94.4 Å². The zero-order valence-electron chi connectivity index (χ0n) is 43.8. The van der Waals surface area contributed by atoms with Crippen LogP contribution in [0.15, 0.2) is 290 Å². The van der Waals surface area contributed by atoms with Crippen LogP contribution in [-0.4, -0.2) is 24.1 Å². The monoisotopic (exact) mass is 1030 g/mol. The van der Waals surface area contributed by atoms with Crippen molar-refractivity contribution in [2.45, 2.75) is 0 Å². The number of hydrogen-bond acceptors (Lipinski definition) is 4. The fourth-order valence-electron chi connectivity index (χ4n) is 12.0. The number of furan rings is 1. The fraction of sp³-hybridized carbons (Fsp3) is 0. The lowest BCUT2D eigenvalue weighted by atomic mass is 9.98. The lowest BCUT2D eigenvalue weighted by molar-refractivity contribution is 0.669. The molecule has 16 rings (SSSR count). The van der Waals surface area contributed by atoms with Crippen LogP contribution in [0.25, 0.3) is 156 Å². The van der Waals surface area contributed by atoms with Gasteiger partial charge in [-0.05, 0) is 148 Å². The van der Waals surface area contributed by atoms with Gasteiger partial charge in [0.15, 0.2) is 17.5 Å². The number of benzene rings is 12. The van der Waals surface area contributed by atoms with E-state index in [2.05, 4.69) is 282 Å². The third-order valence-electron chi connectivity index (χ3n) is 16.0. The SMILES string of the molecule is c1ccc(-c2cccc(-c3nc(-c4cccc(-c5ccccc5)c4)nc(-c4ccc5c(c4)oc4ccc(-c6ccc7c(c6)c6cc(-c8ccc9c(c8)c8ccccc8n9-c8ccccc8)ccc6n7-c6ccccc6)cc45)n3)c2)cc1. The first-order valence-electron chi connectivity index (χ1n) is 27.4. The van der Waals surface area contributed by atoms with Crippen LogP contribution in [0.3, 0.4) is 0 Å². The van der Waals surface area contributed by atoms with Gasteiger partial charge in [0.05, 0.1) is 22.1 Å². The third-order valence-corrected chi connectivity index (χ3v) is 16.0. The summed E-state index contributed by atoms with van der Waals surface area (Å²) in [6.45, 7) is 0. The van der Waals surface area contributed by atoms with E-state index in [9.17, 15) is 0 Å². The Morgan fingerprint density at radius 3 is 1.07 bits per heavy atom. The molecule has 0 aliphatic heterocycles. The van der Waals surface area contributed by atoms with Gasteiger partial charge >= 0.3 is 0 Å². The standard InChI is InChI=1S/C75H47N5O/c1-5-17-48(18-6-1)50-21-15-23-56(41-50)73-76-74(57-24-16-22-51(42-57)49-19-7-2-8-20-49)78-75(77-73)58-31-36-62-66-46-55(35-40-71(66)81-72(62)47-58)54-34-39-70-65(45-54)64-44-53(33-38-69(64)80(70)60-27-11-4-12-28-60)52-32-37-68-63(43-52)61-29-13-14-30-67(61)79(68)59-25-9-3-10-26-59/h1-47H. The summed E-state index contributed by atoms with van der Waals surface area (Å²) in [6.07, 6.45) is 0. The Balaban J connectivity index is 0.795. The molecule has 0 amide bonds. The van der Waals surface area contributed by atoms with E-state index in [4.69, 9.17) is 19.4 Å². The Hall–Kier alpha value is -11.0. The minimum absolute atomic E-state index is 0.565. The second kappa shape index (κ2) is 18.9. The van der Waals surface area contributed by atoms with Crippen molar-refractivity contribution in [2.24, 2.45) is 0 Å². The number of nitrogens with zero attached hydrogens (tertiary/aromatic N) is 5. The maximum atomic E-state index is 6.70. The predicted octanol–water partition coefficient (Wildman–Crippen LogP) is 19.6. The maximum absolute atomic E-state index is 6.70. The molecule has 12 aromatic carbocycles. The van der Waals surface area contributed by atoms with Crippen LogP contribution in [0.5, 0.6) is 0 Å². The summed E-state index contributed by atoms with van der Waals surface area (Å²) in [7, 11) is 0. The van der Waals surface area contributed by atoms with Crippen LogP contribution in [0, 0.1) is 0 Å². The van der Waals surface area contributed by atoms with Gasteiger partial charge in [-0.3, -0.25) is 0 Å². The smallest absolute Gasteiger partial charge is 0.164 e. The minimum atomic E-state index is 0.565. The first-order chi connectivity index (χ1) is 40.1. The van der Waals surface area contributed by atoms with Crippen LogP contribution in [0.2, 0.25) is 0 Å².